The number of hydrazine groups is 1. The van der Waals surface area contributed by atoms with Gasteiger partial charge in [0.05, 0.1) is 0 Å². The zero-order valence-corrected chi connectivity index (χ0v) is 9.96. The highest BCUT2D eigenvalue weighted by atomic mass is 16.2. The molecule has 1 atom stereocenters. The van der Waals surface area contributed by atoms with E-state index >= 15 is 0 Å². The van der Waals surface area contributed by atoms with Crippen molar-refractivity contribution in [1.29, 1.82) is 0 Å². The third-order valence-corrected chi connectivity index (χ3v) is 2.59. The molecule has 5 nitrogen and oxygen atoms in total. The standard InChI is InChI=1S/C11H19N3O2/c1-7(10(16)14-12)13-8-4-9(15)6-11(2,3)5-8/h4,7,13H,5-6,12H2,1-3H3,(H,14,16). The highest BCUT2D eigenvalue weighted by molar-refractivity contribution is 5.92. The quantitative estimate of drug-likeness (QED) is 0.364. The van der Waals surface area contributed by atoms with Gasteiger partial charge in [-0.25, -0.2) is 5.84 Å². The fourth-order valence-electron chi connectivity index (χ4n) is 1.91. The lowest BCUT2D eigenvalue weighted by Gasteiger charge is -2.30. The van der Waals surface area contributed by atoms with Crippen molar-refractivity contribution in [2.24, 2.45) is 11.3 Å². The molecule has 1 amide bonds. The van der Waals surface area contributed by atoms with Crippen molar-refractivity contribution in [3.63, 3.8) is 0 Å². The Hall–Kier alpha value is -1.36. The summed E-state index contributed by atoms with van der Waals surface area (Å²) in [5.74, 6) is 4.83. The normalized spacial score (nSPS) is 21.0. The Balaban J connectivity index is 2.67. The molecule has 1 rings (SSSR count). The molecule has 0 bridgehead atoms. The molecule has 0 heterocycles. The number of rotatable bonds is 3. The first kappa shape index (κ1) is 12.7. The van der Waals surface area contributed by atoms with Crippen LogP contribution in [0.4, 0.5) is 0 Å². The first-order valence-electron chi connectivity index (χ1n) is 5.34. The van der Waals surface area contributed by atoms with E-state index in [1.165, 1.54) is 0 Å². The molecule has 90 valence electrons. The maximum absolute atomic E-state index is 11.5. The van der Waals surface area contributed by atoms with Gasteiger partial charge >= 0.3 is 0 Å². The Morgan fingerprint density at radius 1 is 1.50 bits per heavy atom. The molecule has 0 spiro atoms. The molecule has 0 aromatic carbocycles. The first-order valence-corrected chi connectivity index (χ1v) is 5.34. The Morgan fingerprint density at radius 3 is 2.62 bits per heavy atom. The van der Waals surface area contributed by atoms with Gasteiger partial charge in [0.1, 0.15) is 6.04 Å². The number of carbonyl (C=O) groups excluding carboxylic acids is 2. The molecular formula is C11H19N3O2. The second-order valence-electron chi connectivity index (χ2n) is 5.03. The van der Waals surface area contributed by atoms with Gasteiger partial charge in [-0.2, -0.15) is 0 Å². The van der Waals surface area contributed by atoms with Crippen LogP contribution in [0.25, 0.3) is 0 Å². The van der Waals surface area contributed by atoms with Gasteiger partial charge in [-0.1, -0.05) is 13.8 Å². The molecule has 5 heteroatoms. The number of hydrogen-bond donors (Lipinski definition) is 3. The summed E-state index contributed by atoms with van der Waals surface area (Å²) in [6.07, 6.45) is 2.89. The molecule has 0 saturated heterocycles. The Labute approximate surface area is 95.4 Å². The second kappa shape index (κ2) is 4.65. The van der Waals surface area contributed by atoms with E-state index in [1.54, 1.807) is 13.0 Å². The van der Waals surface area contributed by atoms with E-state index in [4.69, 9.17) is 5.84 Å². The van der Waals surface area contributed by atoms with Crippen LogP contribution >= 0.6 is 0 Å². The van der Waals surface area contributed by atoms with Crippen LogP contribution < -0.4 is 16.6 Å². The summed E-state index contributed by atoms with van der Waals surface area (Å²) >= 11 is 0. The summed E-state index contributed by atoms with van der Waals surface area (Å²) in [5.41, 5.74) is 2.83. The number of allylic oxidation sites excluding steroid dienone is 2. The number of hydrogen-bond acceptors (Lipinski definition) is 4. The monoisotopic (exact) mass is 225 g/mol. The van der Waals surface area contributed by atoms with Gasteiger partial charge in [0.15, 0.2) is 5.78 Å². The highest BCUT2D eigenvalue weighted by Gasteiger charge is 2.28. The molecule has 4 N–H and O–H groups in total. The molecule has 1 aliphatic carbocycles. The van der Waals surface area contributed by atoms with E-state index in [0.29, 0.717) is 6.42 Å². The van der Waals surface area contributed by atoms with Crippen LogP contribution in [-0.2, 0) is 9.59 Å². The van der Waals surface area contributed by atoms with Crippen molar-refractivity contribution in [1.82, 2.24) is 10.7 Å². The molecule has 1 aliphatic rings. The molecule has 0 aromatic rings. The van der Waals surface area contributed by atoms with Crippen molar-refractivity contribution >= 4 is 11.7 Å². The highest BCUT2D eigenvalue weighted by Crippen LogP contribution is 2.32. The lowest BCUT2D eigenvalue weighted by molar-refractivity contribution is -0.123. The topological polar surface area (TPSA) is 84.2 Å². The summed E-state index contributed by atoms with van der Waals surface area (Å²) in [4.78, 5) is 22.7. The summed E-state index contributed by atoms with van der Waals surface area (Å²) in [6, 6.07) is -0.432. The SMILES string of the molecule is CC(NC1=CC(=O)CC(C)(C)C1)C(=O)NN. The van der Waals surface area contributed by atoms with Gasteiger partial charge in [0, 0.05) is 18.2 Å². The van der Waals surface area contributed by atoms with Crippen LogP contribution in [0, 0.1) is 5.41 Å². The summed E-state index contributed by atoms with van der Waals surface area (Å²) < 4.78 is 0. The lowest BCUT2D eigenvalue weighted by Crippen LogP contribution is -2.45. The van der Waals surface area contributed by atoms with Crippen molar-refractivity contribution in [3.8, 4) is 0 Å². The number of amides is 1. The Kier molecular flexibility index (Phi) is 3.70. The average Bonchev–Trinajstić information content (AvgIpc) is 2.12. The average molecular weight is 225 g/mol. The molecule has 16 heavy (non-hydrogen) atoms. The molecule has 0 aliphatic heterocycles. The van der Waals surface area contributed by atoms with Crippen LogP contribution in [-0.4, -0.2) is 17.7 Å². The fourth-order valence-corrected chi connectivity index (χ4v) is 1.91. The maximum atomic E-state index is 11.5. The number of carbonyl (C=O) groups is 2. The molecule has 0 aromatic heterocycles. The maximum Gasteiger partial charge on any atom is 0.256 e. The van der Waals surface area contributed by atoms with Crippen molar-refractivity contribution in [2.75, 3.05) is 0 Å². The van der Waals surface area contributed by atoms with Gasteiger partial charge < -0.3 is 5.32 Å². The minimum atomic E-state index is -0.432. The van der Waals surface area contributed by atoms with Crippen LogP contribution in [0.5, 0.6) is 0 Å². The summed E-state index contributed by atoms with van der Waals surface area (Å²) in [6.45, 7) is 5.77. The molecule has 1 unspecified atom stereocenters. The van der Waals surface area contributed by atoms with Gasteiger partial charge in [0.25, 0.3) is 5.91 Å². The zero-order chi connectivity index (χ0) is 12.3. The smallest absolute Gasteiger partial charge is 0.256 e. The zero-order valence-electron chi connectivity index (χ0n) is 9.96. The van der Waals surface area contributed by atoms with Crippen LogP contribution in [0.1, 0.15) is 33.6 Å². The van der Waals surface area contributed by atoms with Crippen molar-refractivity contribution < 1.29 is 9.59 Å². The van der Waals surface area contributed by atoms with Gasteiger partial charge in [0.2, 0.25) is 0 Å². The number of nitrogens with two attached hydrogens (primary N) is 1. The van der Waals surface area contributed by atoms with Crippen LogP contribution in [0.3, 0.4) is 0 Å². The summed E-state index contributed by atoms with van der Waals surface area (Å²) in [5, 5.41) is 3.00. The third kappa shape index (κ3) is 3.34. The Morgan fingerprint density at radius 2 is 2.12 bits per heavy atom. The largest absolute Gasteiger partial charge is 0.377 e. The van der Waals surface area contributed by atoms with E-state index in [9.17, 15) is 9.59 Å². The molecule has 0 saturated carbocycles. The molecule has 0 radical (unpaired) electrons. The Bertz CT molecular complexity index is 334. The van der Waals surface area contributed by atoms with Gasteiger partial charge in [-0.15, -0.1) is 0 Å². The molecular weight excluding hydrogens is 206 g/mol. The van der Waals surface area contributed by atoms with Crippen molar-refractivity contribution in [3.05, 3.63) is 11.8 Å². The minimum absolute atomic E-state index is 0.0485. The number of nitrogens with one attached hydrogen (secondary N) is 2. The van der Waals surface area contributed by atoms with E-state index in [0.717, 1.165) is 12.1 Å². The minimum Gasteiger partial charge on any atom is -0.377 e. The van der Waals surface area contributed by atoms with E-state index < -0.39 is 6.04 Å². The van der Waals surface area contributed by atoms with Crippen LogP contribution in [0.15, 0.2) is 11.8 Å². The third-order valence-electron chi connectivity index (χ3n) is 2.59. The summed E-state index contributed by atoms with van der Waals surface area (Å²) in [7, 11) is 0. The second-order valence-corrected chi connectivity index (χ2v) is 5.03. The van der Waals surface area contributed by atoms with Crippen molar-refractivity contribution in [2.45, 2.75) is 39.7 Å². The van der Waals surface area contributed by atoms with E-state index in [1.807, 2.05) is 13.8 Å². The van der Waals surface area contributed by atoms with E-state index in [-0.39, 0.29) is 17.1 Å². The predicted molar refractivity (Wildman–Crippen MR) is 61.0 cm³/mol. The van der Waals surface area contributed by atoms with Gasteiger partial charge in [-0.05, 0) is 18.8 Å². The van der Waals surface area contributed by atoms with E-state index in [2.05, 4.69) is 10.7 Å². The molecule has 0 fully saturated rings. The van der Waals surface area contributed by atoms with Gasteiger partial charge in [-0.3, -0.25) is 15.0 Å². The number of ketones is 1. The lowest BCUT2D eigenvalue weighted by atomic mass is 9.79. The fraction of sp³-hybridized carbons (Fsp3) is 0.636. The van der Waals surface area contributed by atoms with Crippen LogP contribution in [0.2, 0.25) is 0 Å². The predicted octanol–water partition coefficient (Wildman–Crippen LogP) is 0.227. The first-order chi connectivity index (χ1) is 7.34.